The van der Waals surface area contributed by atoms with Crippen molar-refractivity contribution in [3.63, 3.8) is 0 Å². The molecule has 53 heavy (non-hydrogen) atoms. The average molecular weight is 695 g/mol. The van der Waals surface area contributed by atoms with Crippen LogP contribution in [0, 0.1) is 0 Å². The highest BCUT2D eigenvalue weighted by atomic mass is 31.2. The first-order valence-electron chi connectivity index (χ1n) is 18.0. The lowest BCUT2D eigenvalue weighted by Gasteiger charge is -2.23. The Bertz CT molecular complexity index is 3260. The molecule has 2 aromatic heterocycles. The third-order valence-corrected chi connectivity index (χ3v) is 14.1. The second-order valence-corrected chi connectivity index (χ2v) is 16.7. The molecule has 0 saturated carbocycles. The monoisotopic (exact) mass is 694 g/mol. The SMILES string of the molecule is O=P(c1ccc2ccccc2c1)(c1ccc2ccccc2c1)c1cccc2cc(-c3ccc4c5ccccc5n5c6ccccc6nc5c4c3)ccc12. The van der Waals surface area contributed by atoms with Gasteiger partial charge in [0, 0.05) is 26.7 Å². The van der Waals surface area contributed by atoms with Crippen molar-refractivity contribution in [1.29, 1.82) is 0 Å². The van der Waals surface area contributed by atoms with Crippen LogP contribution in [0.5, 0.6) is 0 Å². The Morgan fingerprint density at radius 3 is 1.72 bits per heavy atom. The molecule has 0 aliphatic heterocycles. The van der Waals surface area contributed by atoms with Crippen molar-refractivity contribution in [3.8, 4) is 11.1 Å². The van der Waals surface area contributed by atoms with Crippen LogP contribution in [0.4, 0.5) is 0 Å². The first-order valence-corrected chi connectivity index (χ1v) is 19.7. The summed E-state index contributed by atoms with van der Waals surface area (Å²) in [5, 5.41) is 12.5. The Morgan fingerprint density at radius 1 is 0.396 bits per heavy atom. The first kappa shape index (κ1) is 30.1. The highest BCUT2D eigenvalue weighted by Gasteiger charge is 2.32. The van der Waals surface area contributed by atoms with E-state index in [1.54, 1.807) is 0 Å². The minimum Gasteiger partial charge on any atom is -0.309 e. The maximum absolute atomic E-state index is 16.1. The maximum Gasteiger partial charge on any atom is 0.171 e. The minimum atomic E-state index is -3.33. The molecule has 0 aliphatic rings. The molecular formula is C49H31N2OP. The fourth-order valence-corrected chi connectivity index (χ4v) is 11.3. The van der Waals surface area contributed by atoms with Crippen molar-refractivity contribution in [2.75, 3.05) is 0 Å². The van der Waals surface area contributed by atoms with E-state index in [4.69, 9.17) is 4.98 Å². The molecule has 4 heteroatoms. The van der Waals surface area contributed by atoms with Crippen molar-refractivity contribution in [2.45, 2.75) is 0 Å². The zero-order valence-corrected chi connectivity index (χ0v) is 29.5. The van der Waals surface area contributed by atoms with Gasteiger partial charge in [0.1, 0.15) is 5.65 Å². The van der Waals surface area contributed by atoms with Gasteiger partial charge in [-0.25, -0.2) is 4.98 Å². The van der Waals surface area contributed by atoms with E-state index in [1.165, 1.54) is 10.8 Å². The van der Waals surface area contributed by atoms with Gasteiger partial charge in [-0.3, -0.25) is 4.40 Å². The van der Waals surface area contributed by atoms with Crippen molar-refractivity contribution in [1.82, 2.24) is 9.38 Å². The van der Waals surface area contributed by atoms with E-state index in [-0.39, 0.29) is 0 Å². The van der Waals surface area contributed by atoms with Gasteiger partial charge < -0.3 is 4.57 Å². The molecule has 0 fully saturated rings. The van der Waals surface area contributed by atoms with E-state index in [1.807, 2.05) is 30.3 Å². The highest BCUT2D eigenvalue weighted by Crippen LogP contribution is 2.46. The summed E-state index contributed by atoms with van der Waals surface area (Å²) < 4.78 is 18.4. The summed E-state index contributed by atoms with van der Waals surface area (Å²) in [6.07, 6.45) is 0. The number of benzene rings is 9. The molecule has 0 bridgehead atoms. The van der Waals surface area contributed by atoms with Crippen LogP contribution in [0.1, 0.15) is 0 Å². The van der Waals surface area contributed by atoms with Gasteiger partial charge in [-0.05, 0) is 91.3 Å². The highest BCUT2D eigenvalue weighted by molar-refractivity contribution is 7.85. The molecule has 3 nitrogen and oxygen atoms in total. The summed E-state index contributed by atoms with van der Waals surface area (Å²) in [5.74, 6) is 0. The lowest BCUT2D eigenvalue weighted by Crippen LogP contribution is -2.25. The van der Waals surface area contributed by atoms with Crippen LogP contribution in [-0.2, 0) is 4.57 Å². The fourth-order valence-electron chi connectivity index (χ4n) is 8.38. The average Bonchev–Trinajstić information content (AvgIpc) is 3.63. The van der Waals surface area contributed by atoms with Crippen LogP contribution in [0.15, 0.2) is 188 Å². The van der Waals surface area contributed by atoms with E-state index >= 15 is 4.57 Å². The summed E-state index contributed by atoms with van der Waals surface area (Å²) >= 11 is 0. The maximum atomic E-state index is 16.1. The summed E-state index contributed by atoms with van der Waals surface area (Å²) in [7, 11) is -3.33. The molecule has 0 spiro atoms. The third kappa shape index (κ3) is 4.54. The van der Waals surface area contributed by atoms with E-state index in [0.717, 1.165) is 86.9 Å². The van der Waals surface area contributed by atoms with Crippen LogP contribution in [0.3, 0.4) is 0 Å². The smallest absolute Gasteiger partial charge is 0.171 e. The molecule has 248 valence electrons. The molecular weight excluding hydrogens is 664 g/mol. The Kier molecular flexibility index (Phi) is 6.53. The third-order valence-electron chi connectivity index (χ3n) is 11.0. The van der Waals surface area contributed by atoms with E-state index in [9.17, 15) is 0 Å². The number of imidazole rings is 1. The van der Waals surface area contributed by atoms with E-state index < -0.39 is 7.14 Å². The van der Waals surface area contributed by atoms with Crippen molar-refractivity contribution in [3.05, 3.63) is 188 Å². The molecule has 11 aromatic rings. The topological polar surface area (TPSA) is 34.4 Å². The molecule has 0 amide bonds. The number of fused-ring (bicyclic) bond motifs is 11. The number of pyridine rings is 1. The standard InChI is InChI=1S/C49H31N2OP/c52-53(39-24-20-32-10-1-3-12-34(32)29-39,40-25-21-33-11-2-4-13-35(33)30-40)48-19-9-14-38-28-36(22-26-41(38)48)37-23-27-42-43-15-5-7-17-46(43)51-47-18-8-6-16-45(47)50-49(51)44(42)31-37/h1-31H. The number of para-hydroxylation sites is 3. The zero-order chi connectivity index (χ0) is 35.1. The van der Waals surface area contributed by atoms with Crippen LogP contribution in [-0.4, -0.2) is 9.38 Å². The second-order valence-electron chi connectivity index (χ2n) is 13.9. The number of rotatable bonds is 4. The second kappa shape index (κ2) is 11.5. The van der Waals surface area contributed by atoms with Gasteiger partial charge in [0.15, 0.2) is 7.14 Å². The van der Waals surface area contributed by atoms with Crippen LogP contribution in [0.25, 0.3) is 81.8 Å². The van der Waals surface area contributed by atoms with Gasteiger partial charge in [-0.1, -0.05) is 146 Å². The van der Waals surface area contributed by atoms with Crippen molar-refractivity contribution in [2.24, 2.45) is 0 Å². The molecule has 0 atom stereocenters. The Balaban J connectivity index is 1.12. The predicted octanol–water partition coefficient (Wildman–Crippen LogP) is 11.6. The Hall–Kier alpha value is -6.54. The molecule has 2 heterocycles. The van der Waals surface area contributed by atoms with Gasteiger partial charge in [-0.15, -0.1) is 0 Å². The van der Waals surface area contributed by atoms with Crippen molar-refractivity contribution >= 4 is 93.7 Å². The minimum absolute atomic E-state index is 0.834. The quantitative estimate of drug-likeness (QED) is 0.136. The summed E-state index contributed by atoms with van der Waals surface area (Å²) in [4.78, 5) is 5.14. The molecule has 0 N–H and O–H groups in total. The van der Waals surface area contributed by atoms with E-state index in [0.29, 0.717) is 0 Å². The lowest BCUT2D eigenvalue weighted by atomic mass is 9.97. The molecule has 0 radical (unpaired) electrons. The zero-order valence-electron chi connectivity index (χ0n) is 28.6. The lowest BCUT2D eigenvalue weighted by molar-refractivity contribution is 0.592. The van der Waals surface area contributed by atoms with Crippen LogP contribution in [0.2, 0.25) is 0 Å². The number of aromatic nitrogens is 2. The largest absolute Gasteiger partial charge is 0.309 e. The summed E-state index contributed by atoms with van der Waals surface area (Å²) in [5.41, 5.74) is 6.41. The number of hydrogen-bond acceptors (Lipinski definition) is 2. The van der Waals surface area contributed by atoms with Crippen LogP contribution < -0.4 is 15.9 Å². The van der Waals surface area contributed by atoms with E-state index in [2.05, 4.69) is 162 Å². The summed E-state index contributed by atoms with van der Waals surface area (Å²) in [6.45, 7) is 0. The molecule has 0 unspecified atom stereocenters. The van der Waals surface area contributed by atoms with Gasteiger partial charge >= 0.3 is 0 Å². The molecule has 9 aromatic carbocycles. The van der Waals surface area contributed by atoms with Gasteiger partial charge in [0.05, 0.1) is 16.6 Å². The predicted molar refractivity (Wildman–Crippen MR) is 225 cm³/mol. The molecule has 0 aliphatic carbocycles. The number of hydrogen-bond donors (Lipinski definition) is 0. The van der Waals surface area contributed by atoms with Crippen molar-refractivity contribution < 1.29 is 4.57 Å². The summed E-state index contributed by atoms with van der Waals surface area (Å²) in [6, 6.07) is 65.7. The Morgan fingerprint density at radius 2 is 0.981 bits per heavy atom. The van der Waals surface area contributed by atoms with Gasteiger partial charge in [0.2, 0.25) is 0 Å². The fraction of sp³-hybridized carbons (Fsp3) is 0. The molecule has 0 saturated heterocycles. The van der Waals surface area contributed by atoms with Crippen LogP contribution >= 0.6 is 7.14 Å². The number of nitrogens with zero attached hydrogens (tertiary/aromatic N) is 2. The normalized spacial score (nSPS) is 12.2. The first-order chi connectivity index (χ1) is 26.1. The van der Waals surface area contributed by atoms with Gasteiger partial charge in [-0.2, -0.15) is 0 Å². The Labute approximate surface area is 305 Å². The van der Waals surface area contributed by atoms with Gasteiger partial charge in [0.25, 0.3) is 0 Å². The molecule has 11 rings (SSSR count).